The highest BCUT2D eigenvalue weighted by molar-refractivity contribution is 5.77. The Morgan fingerprint density at radius 2 is 0.818 bits per heavy atom. The molecule has 0 aromatic heterocycles. The molecule has 0 aliphatic heterocycles. The van der Waals surface area contributed by atoms with Crippen molar-refractivity contribution in [3.05, 3.63) is 97.2 Å². The second-order valence-electron chi connectivity index (χ2n) is 18.2. The topological polar surface area (TPSA) is 95.9 Å². The Balaban J connectivity index is 4.62. The van der Waals surface area contributed by atoms with Crippen molar-refractivity contribution in [1.29, 1.82) is 0 Å². The third-order valence-corrected chi connectivity index (χ3v) is 11.9. The lowest BCUT2D eigenvalue weighted by atomic mass is 10.0. The molecule has 6 heteroatoms. The fourth-order valence-electron chi connectivity index (χ4n) is 7.82. The number of carbonyl (C=O) groups excluding carboxylic acids is 2. The van der Waals surface area contributed by atoms with Gasteiger partial charge in [-0.2, -0.15) is 0 Å². The molecule has 378 valence electrons. The van der Waals surface area contributed by atoms with Gasteiger partial charge in [-0.1, -0.05) is 227 Å². The predicted molar refractivity (Wildman–Crippen MR) is 287 cm³/mol. The highest BCUT2D eigenvalue weighted by Gasteiger charge is 2.24. The fraction of sp³-hybridized carbons (Fsp3) is 0.700. The zero-order chi connectivity index (χ0) is 48.1. The van der Waals surface area contributed by atoms with E-state index in [2.05, 4.69) is 123 Å². The van der Waals surface area contributed by atoms with E-state index in [1.807, 2.05) is 0 Å². The molecule has 0 spiro atoms. The SMILES string of the molecule is CC/C=C\C/C=C\C/C=C\C/C=C\C/C=C\CCCCCC(=O)OC(CCCC/C=C/C/C=C/C/C=C/CC)CC(=O)NC(CO)C(O)CCCCCCCCCCCCCCCCCC. The van der Waals surface area contributed by atoms with Gasteiger partial charge in [-0.25, -0.2) is 0 Å². The van der Waals surface area contributed by atoms with Gasteiger partial charge in [0.15, 0.2) is 0 Å². The summed E-state index contributed by atoms with van der Waals surface area (Å²) in [6.07, 6.45) is 70.5. The first-order chi connectivity index (χ1) is 32.5. The van der Waals surface area contributed by atoms with Gasteiger partial charge in [-0.05, 0) is 103 Å². The fourth-order valence-corrected chi connectivity index (χ4v) is 7.82. The van der Waals surface area contributed by atoms with E-state index in [-0.39, 0.29) is 24.9 Å². The van der Waals surface area contributed by atoms with E-state index in [0.717, 1.165) is 116 Å². The van der Waals surface area contributed by atoms with E-state index >= 15 is 0 Å². The normalized spacial score (nSPS) is 14.0. The van der Waals surface area contributed by atoms with Gasteiger partial charge in [0.25, 0.3) is 0 Å². The van der Waals surface area contributed by atoms with Crippen LogP contribution in [0.5, 0.6) is 0 Å². The molecule has 0 bridgehead atoms. The summed E-state index contributed by atoms with van der Waals surface area (Å²) in [4.78, 5) is 26.2. The van der Waals surface area contributed by atoms with Gasteiger partial charge in [0.1, 0.15) is 6.10 Å². The number of aliphatic hydroxyl groups excluding tert-OH is 2. The monoisotopic (exact) mass is 918 g/mol. The van der Waals surface area contributed by atoms with Crippen LogP contribution >= 0.6 is 0 Å². The summed E-state index contributed by atoms with van der Waals surface area (Å²) in [7, 11) is 0. The van der Waals surface area contributed by atoms with Crippen molar-refractivity contribution in [2.75, 3.05) is 6.61 Å². The van der Waals surface area contributed by atoms with E-state index in [0.29, 0.717) is 19.3 Å². The second-order valence-corrected chi connectivity index (χ2v) is 18.2. The maximum atomic E-state index is 13.2. The minimum atomic E-state index is -0.810. The van der Waals surface area contributed by atoms with Crippen LogP contribution < -0.4 is 5.32 Å². The van der Waals surface area contributed by atoms with Crippen molar-refractivity contribution in [2.45, 2.75) is 264 Å². The van der Waals surface area contributed by atoms with Crippen molar-refractivity contribution in [1.82, 2.24) is 5.32 Å². The van der Waals surface area contributed by atoms with Crippen LogP contribution in [0.1, 0.15) is 245 Å². The number of hydrogen-bond acceptors (Lipinski definition) is 5. The van der Waals surface area contributed by atoms with Gasteiger partial charge < -0.3 is 20.3 Å². The molecule has 66 heavy (non-hydrogen) atoms. The predicted octanol–water partition coefficient (Wildman–Crippen LogP) is 16.9. The number of ether oxygens (including phenoxy) is 1. The van der Waals surface area contributed by atoms with Crippen LogP contribution in [-0.4, -0.2) is 46.9 Å². The molecule has 0 aliphatic rings. The summed E-state index contributed by atoms with van der Waals surface area (Å²) in [5.41, 5.74) is 0. The first-order valence-corrected chi connectivity index (χ1v) is 27.5. The molecule has 0 aliphatic carbocycles. The minimum Gasteiger partial charge on any atom is -0.462 e. The number of unbranched alkanes of at least 4 members (excludes halogenated alkanes) is 20. The first-order valence-electron chi connectivity index (χ1n) is 27.5. The van der Waals surface area contributed by atoms with E-state index in [4.69, 9.17) is 4.74 Å². The van der Waals surface area contributed by atoms with E-state index in [9.17, 15) is 19.8 Å². The Bertz CT molecular complexity index is 1310. The Labute approximate surface area is 407 Å². The van der Waals surface area contributed by atoms with Crippen LogP contribution in [0.2, 0.25) is 0 Å². The van der Waals surface area contributed by atoms with Gasteiger partial charge in [0, 0.05) is 6.42 Å². The lowest BCUT2D eigenvalue weighted by molar-refractivity contribution is -0.151. The summed E-state index contributed by atoms with van der Waals surface area (Å²) in [6, 6.07) is -0.727. The number of hydrogen-bond donors (Lipinski definition) is 3. The Hall–Kier alpha value is -3.22. The van der Waals surface area contributed by atoms with Crippen molar-refractivity contribution in [3.63, 3.8) is 0 Å². The summed E-state index contributed by atoms with van der Waals surface area (Å²) >= 11 is 0. The molecule has 0 saturated heterocycles. The molecule has 0 rings (SSSR count). The molecule has 0 radical (unpaired) electrons. The molecular weight excluding hydrogens is 815 g/mol. The average Bonchev–Trinajstić information content (AvgIpc) is 3.31. The standard InChI is InChI=1S/C60H103NO5/c1-4-7-10-13-16-19-22-25-27-29-30-31-33-35-38-41-44-47-50-53-60(65)66-56(51-48-45-42-39-36-24-21-18-15-12-9-6-3)54-59(64)61-57(55-62)58(63)52-49-46-43-40-37-34-32-28-26-23-20-17-14-11-8-5-2/h7,9-10,12,16,18-19,21,25,27,30-31,35-36,38-39,56-58,62-63H,4-6,8,11,13-15,17,20,22-24,26,28-29,32-34,37,40-55H2,1-3H3,(H,61,64)/b10-7-,12-9+,19-16-,21-18+,27-25-,31-30-,38-35-,39-36+. The Morgan fingerprint density at radius 3 is 1.24 bits per heavy atom. The number of rotatable bonds is 48. The smallest absolute Gasteiger partial charge is 0.306 e. The summed E-state index contributed by atoms with van der Waals surface area (Å²) in [5.74, 6) is -0.555. The third-order valence-electron chi connectivity index (χ3n) is 11.9. The molecule has 6 nitrogen and oxygen atoms in total. The number of nitrogens with one attached hydrogen (secondary N) is 1. The molecular formula is C60H103NO5. The number of aliphatic hydroxyl groups is 2. The molecule has 0 fully saturated rings. The van der Waals surface area contributed by atoms with Crippen molar-refractivity contribution >= 4 is 11.9 Å². The quantitative estimate of drug-likeness (QED) is 0.0321. The van der Waals surface area contributed by atoms with Gasteiger partial charge in [-0.3, -0.25) is 9.59 Å². The molecule has 3 unspecified atom stereocenters. The summed E-state index contributed by atoms with van der Waals surface area (Å²) in [6.45, 7) is 6.24. The maximum absolute atomic E-state index is 13.2. The van der Waals surface area contributed by atoms with Crippen LogP contribution in [0.3, 0.4) is 0 Å². The molecule has 0 aromatic rings. The van der Waals surface area contributed by atoms with Crippen molar-refractivity contribution in [2.24, 2.45) is 0 Å². The van der Waals surface area contributed by atoms with Crippen LogP contribution in [0.15, 0.2) is 97.2 Å². The van der Waals surface area contributed by atoms with Gasteiger partial charge in [0.05, 0.1) is 25.2 Å². The average molecular weight is 918 g/mol. The number of amides is 1. The summed E-state index contributed by atoms with van der Waals surface area (Å²) < 4.78 is 5.91. The maximum Gasteiger partial charge on any atom is 0.306 e. The number of esters is 1. The lowest BCUT2D eigenvalue weighted by Crippen LogP contribution is -2.46. The van der Waals surface area contributed by atoms with Crippen molar-refractivity contribution in [3.8, 4) is 0 Å². The highest BCUT2D eigenvalue weighted by Crippen LogP contribution is 2.17. The third kappa shape index (κ3) is 47.3. The molecule has 0 saturated carbocycles. The lowest BCUT2D eigenvalue weighted by Gasteiger charge is -2.24. The van der Waals surface area contributed by atoms with E-state index in [1.54, 1.807) is 0 Å². The number of allylic oxidation sites excluding steroid dienone is 16. The molecule has 1 amide bonds. The second kappa shape index (κ2) is 52.7. The first kappa shape index (κ1) is 62.8. The molecule has 0 aromatic carbocycles. The molecule has 3 N–H and O–H groups in total. The van der Waals surface area contributed by atoms with Crippen LogP contribution in [-0.2, 0) is 14.3 Å². The molecule has 3 atom stereocenters. The van der Waals surface area contributed by atoms with Gasteiger partial charge >= 0.3 is 5.97 Å². The molecule has 0 heterocycles. The summed E-state index contributed by atoms with van der Waals surface area (Å²) in [5, 5.41) is 23.8. The Kier molecular flexibility index (Phi) is 50.2. The van der Waals surface area contributed by atoms with Gasteiger partial charge in [0.2, 0.25) is 5.91 Å². The van der Waals surface area contributed by atoms with E-state index in [1.165, 1.54) is 83.5 Å². The van der Waals surface area contributed by atoms with Crippen LogP contribution in [0, 0.1) is 0 Å². The highest BCUT2D eigenvalue weighted by atomic mass is 16.5. The van der Waals surface area contributed by atoms with Gasteiger partial charge in [-0.15, -0.1) is 0 Å². The van der Waals surface area contributed by atoms with E-state index < -0.39 is 18.2 Å². The van der Waals surface area contributed by atoms with Crippen molar-refractivity contribution < 1.29 is 24.5 Å². The largest absolute Gasteiger partial charge is 0.462 e. The zero-order valence-electron chi connectivity index (χ0n) is 43.0. The minimum absolute atomic E-state index is 0.0329. The Morgan fingerprint density at radius 1 is 0.455 bits per heavy atom. The van der Waals surface area contributed by atoms with Crippen LogP contribution in [0.4, 0.5) is 0 Å². The van der Waals surface area contributed by atoms with Crippen LogP contribution in [0.25, 0.3) is 0 Å². The number of carbonyl (C=O) groups is 2. The zero-order valence-corrected chi connectivity index (χ0v) is 43.0.